The molecule has 0 aromatic carbocycles. The Bertz CT molecular complexity index is 180. The first-order valence-electron chi connectivity index (χ1n) is 2.26. The molecule has 0 fully saturated rings. The number of aliphatic carboxylic acids is 2. The Morgan fingerprint density at radius 1 is 1.33 bits per heavy atom. The summed E-state index contributed by atoms with van der Waals surface area (Å²) in [5.41, 5.74) is 0. The summed E-state index contributed by atoms with van der Waals surface area (Å²) in [4.78, 5) is 20.1. The van der Waals surface area contributed by atoms with E-state index in [1.165, 1.54) is 0 Å². The molecular formula is C4H10NaO4S2Sb. The molecule has 68 valence electrons. The molecule has 0 atom stereocenters. The zero-order chi connectivity index (χ0) is 8.36. The maximum atomic E-state index is 10.1. The summed E-state index contributed by atoms with van der Waals surface area (Å²) in [6, 6.07) is 0. The summed E-state index contributed by atoms with van der Waals surface area (Å²) in [7, 11) is 0. The number of hydrogen-bond donors (Lipinski definition) is 4. The van der Waals surface area contributed by atoms with Crippen molar-refractivity contribution in [2.45, 2.75) is 10.5 Å². The van der Waals surface area contributed by atoms with Crippen LogP contribution in [0, 0.1) is 0 Å². The van der Waals surface area contributed by atoms with Crippen molar-refractivity contribution in [3.8, 4) is 0 Å². The van der Waals surface area contributed by atoms with E-state index in [-0.39, 0.29) is 55.4 Å². The first-order chi connectivity index (χ1) is 4.36. The fourth-order valence-corrected chi connectivity index (χ4v) is 0.557. The van der Waals surface area contributed by atoms with E-state index < -0.39 is 22.4 Å². The third-order valence-corrected chi connectivity index (χ3v) is 1.44. The summed E-state index contributed by atoms with van der Waals surface area (Å²) in [5.74, 6) is -2.60. The van der Waals surface area contributed by atoms with Crippen molar-refractivity contribution >= 4 is 61.6 Å². The normalized spacial score (nSPS) is 9.17. The van der Waals surface area contributed by atoms with Crippen molar-refractivity contribution in [1.82, 2.24) is 0 Å². The molecule has 0 spiro atoms. The van der Waals surface area contributed by atoms with Crippen LogP contribution >= 0.6 is 25.3 Å². The van der Waals surface area contributed by atoms with E-state index in [9.17, 15) is 9.59 Å². The molecule has 0 saturated carbocycles. The second-order valence-corrected chi connectivity index (χ2v) is 3.57. The Morgan fingerprint density at radius 2 is 1.67 bits per heavy atom. The number of carboxylic acids is 2. The van der Waals surface area contributed by atoms with Crippen LogP contribution < -0.4 is 29.6 Å². The van der Waals surface area contributed by atoms with E-state index in [4.69, 9.17) is 10.2 Å². The van der Waals surface area contributed by atoms with Crippen LogP contribution in [0.1, 0.15) is 7.85 Å². The molecule has 2 N–H and O–H groups in total. The summed E-state index contributed by atoms with van der Waals surface area (Å²) in [6.45, 7) is 0. The number of carbonyl (C=O) groups is 2. The molecule has 0 aromatic heterocycles. The van der Waals surface area contributed by atoms with Gasteiger partial charge in [-0.1, -0.05) is 0 Å². The molecule has 0 rings (SSSR count). The number of rotatable bonds is 3. The topological polar surface area (TPSA) is 74.6 Å². The van der Waals surface area contributed by atoms with Crippen LogP contribution in [0.3, 0.4) is 0 Å². The van der Waals surface area contributed by atoms with Gasteiger partial charge in [0.05, 0.1) is 6.42 Å². The molecule has 12 heavy (non-hydrogen) atoms. The average molecular weight is 331 g/mol. The molecule has 0 amide bonds. The molecule has 0 bridgehead atoms. The first-order valence-corrected chi connectivity index (χ1v) is 3.15. The summed E-state index contributed by atoms with van der Waals surface area (Å²) in [5, 5.41) is 16.4. The van der Waals surface area contributed by atoms with Crippen LogP contribution in [-0.4, -0.2) is 50.7 Å². The van der Waals surface area contributed by atoms with E-state index in [0.29, 0.717) is 0 Å². The van der Waals surface area contributed by atoms with Crippen LogP contribution in [0.2, 0.25) is 0 Å². The molecule has 0 radical (unpaired) electrons. The van der Waals surface area contributed by atoms with Crippen molar-refractivity contribution in [2.75, 3.05) is 0 Å². The number of hydrogen-bond acceptors (Lipinski definition) is 4. The van der Waals surface area contributed by atoms with Gasteiger partial charge < -0.3 is 11.6 Å². The molecule has 0 aliphatic heterocycles. The number of carboxylic acid groups (broad SMARTS) is 2. The number of thiol groups is 2. The molecule has 0 aliphatic carbocycles. The molecule has 0 unspecified atom stereocenters. The van der Waals surface area contributed by atoms with E-state index in [0.717, 1.165) is 0 Å². The quantitative estimate of drug-likeness (QED) is 0.242. The van der Waals surface area contributed by atoms with Crippen molar-refractivity contribution in [3.63, 3.8) is 0 Å². The predicted molar refractivity (Wildman–Crippen MR) is 51.6 cm³/mol. The van der Waals surface area contributed by atoms with Crippen LogP contribution in [0.25, 0.3) is 0 Å². The molecule has 0 aliphatic rings. The van der Waals surface area contributed by atoms with Gasteiger partial charge in [-0.05, 0) is 0 Å². The van der Waals surface area contributed by atoms with Gasteiger partial charge in [-0.3, -0.25) is 4.79 Å². The zero-order valence-corrected chi connectivity index (χ0v) is 14.3. The summed E-state index contributed by atoms with van der Waals surface area (Å²) >= 11 is 7.01. The van der Waals surface area contributed by atoms with Gasteiger partial charge in [-0.15, -0.1) is 25.3 Å². The first kappa shape index (κ1) is 19.1. The van der Waals surface area contributed by atoms with Crippen LogP contribution in [0.15, 0.2) is 0 Å². The van der Waals surface area contributed by atoms with E-state index in [1.807, 2.05) is 0 Å². The molecule has 8 heteroatoms. The molecule has 4 nitrogen and oxygen atoms in total. The average Bonchev–Trinajstić information content (AvgIpc) is 1.60. The van der Waals surface area contributed by atoms with E-state index in [1.54, 1.807) is 0 Å². The fraction of sp³-hybridized carbons (Fsp3) is 0.500. The van der Waals surface area contributed by atoms with E-state index >= 15 is 0 Å². The predicted octanol–water partition coefficient (Wildman–Crippen LogP) is -3.97. The Morgan fingerprint density at radius 3 is 1.75 bits per heavy atom. The van der Waals surface area contributed by atoms with Crippen molar-refractivity contribution in [3.05, 3.63) is 0 Å². The SMILES string of the molecule is O=C(O)CC(S)(S)C(=O)O.[H-].[Na+].[SbH3]. The Kier molecular flexibility index (Phi) is 12.5. The van der Waals surface area contributed by atoms with Gasteiger partial charge >= 0.3 is 65.9 Å². The van der Waals surface area contributed by atoms with Gasteiger partial charge in [0.15, 0.2) is 4.08 Å². The Hall–Kier alpha value is 1.46. The second-order valence-electron chi connectivity index (χ2n) is 1.69. The molecule has 0 saturated heterocycles. The van der Waals surface area contributed by atoms with Gasteiger partial charge in [0.1, 0.15) is 0 Å². The minimum absolute atomic E-state index is 0. The minimum atomic E-state index is -1.77. The summed E-state index contributed by atoms with van der Waals surface area (Å²) in [6.07, 6.45) is -0.617. The zero-order valence-electron chi connectivity index (χ0n) is 7.52. The van der Waals surface area contributed by atoms with Crippen LogP contribution in [0.5, 0.6) is 0 Å². The van der Waals surface area contributed by atoms with Crippen molar-refractivity contribution in [2.24, 2.45) is 0 Å². The van der Waals surface area contributed by atoms with Gasteiger partial charge in [0.25, 0.3) is 0 Å². The summed E-state index contributed by atoms with van der Waals surface area (Å²) < 4.78 is -1.77. The fourth-order valence-electron chi connectivity index (χ4n) is 0.286. The van der Waals surface area contributed by atoms with Crippen LogP contribution in [0.4, 0.5) is 0 Å². The van der Waals surface area contributed by atoms with Gasteiger partial charge in [-0.2, -0.15) is 0 Å². The molecular weight excluding hydrogens is 321 g/mol. The van der Waals surface area contributed by atoms with Crippen LogP contribution in [-0.2, 0) is 9.59 Å². The van der Waals surface area contributed by atoms with Crippen molar-refractivity contribution < 1.29 is 50.8 Å². The monoisotopic (exact) mass is 330 g/mol. The van der Waals surface area contributed by atoms with Crippen molar-refractivity contribution in [1.29, 1.82) is 0 Å². The van der Waals surface area contributed by atoms with E-state index in [2.05, 4.69) is 25.3 Å². The van der Waals surface area contributed by atoms with Gasteiger partial charge in [-0.25, -0.2) is 4.79 Å². The Balaban J connectivity index is -0.000000135. The Labute approximate surface area is 122 Å². The third-order valence-electron chi connectivity index (χ3n) is 0.740. The molecule has 0 aromatic rings. The van der Waals surface area contributed by atoms with Gasteiger partial charge in [0.2, 0.25) is 0 Å². The third kappa shape index (κ3) is 8.07. The second kappa shape index (κ2) is 7.82. The standard InChI is InChI=1S/C4H6O4S2.Na.Sb.4H/c5-2(6)1-4(9,10)3(7)8;;;;;;/h9-10H,1H2,(H,5,6)(H,7,8);;;;;;/q;+1;;;;;-1. The maximum absolute atomic E-state index is 10.1. The molecule has 0 heterocycles. The van der Waals surface area contributed by atoms with Gasteiger partial charge in [0, 0.05) is 0 Å².